The van der Waals surface area contributed by atoms with Crippen LogP contribution in [-0.2, 0) is 11.3 Å². The number of nitrogens with two attached hydrogens (primary N) is 1. The fourth-order valence-corrected chi connectivity index (χ4v) is 2.45. The Morgan fingerprint density at radius 2 is 2.11 bits per heavy atom. The van der Waals surface area contributed by atoms with E-state index in [1.165, 1.54) is 11.8 Å². The summed E-state index contributed by atoms with van der Waals surface area (Å²) in [6, 6.07) is 5.28. The molecule has 0 aliphatic rings. The Balaban J connectivity index is 1.95. The smallest absolute Gasteiger partial charge is 0.360 e. The van der Waals surface area contributed by atoms with Gasteiger partial charge in [-0.1, -0.05) is 5.21 Å². The maximum Gasteiger partial charge on any atom is 0.360 e. The second kappa shape index (κ2) is 8.24. The van der Waals surface area contributed by atoms with E-state index in [4.69, 9.17) is 19.9 Å². The highest BCUT2D eigenvalue weighted by molar-refractivity contribution is 5.88. The van der Waals surface area contributed by atoms with E-state index in [9.17, 15) is 4.79 Å². The standard InChI is InChI=1S/C16H19N7O5/c1-4-27-16(24)13-11(23(22-19-13)15-14(17)20-28-21-15)8-18-10-6-5-9(25-2)7-12(10)26-3/h5-7,18H,4,8H2,1-3H3,(H2,17,20). The van der Waals surface area contributed by atoms with Crippen molar-refractivity contribution in [2.45, 2.75) is 13.5 Å². The van der Waals surface area contributed by atoms with Gasteiger partial charge in [-0.05, 0) is 29.4 Å². The zero-order chi connectivity index (χ0) is 20.1. The summed E-state index contributed by atoms with van der Waals surface area (Å²) in [5, 5.41) is 18.2. The zero-order valence-corrected chi connectivity index (χ0v) is 15.5. The second-order valence-corrected chi connectivity index (χ2v) is 5.41. The Bertz CT molecular complexity index is 968. The van der Waals surface area contributed by atoms with Gasteiger partial charge in [-0.25, -0.2) is 9.42 Å². The summed E-state index contributed by atoms with van der Waals surface area (Å²) in [6.07, 6.45) is 0. The van der Waals surface area contributed by atoms with Crippen molar-refractivity contribution in [2.75, 3.05) is 31.9 Å². The van der Waals surface area contributed by atoms with Gasteiger partial charge in [0.25, 0.3) is 0 Å². The fraction of sp³-hybridized carbons (Fsp3) is 0.312. The lowest BCUT2D eigenvalue weighted by atomic mass is 10.2. The molecule has 3 aromatic rings. The predicted octanol–water partition coefficient (Wildman–Crippen LogP) is 1.04. The number of nitrogen functional groups attached to an aromatic ring is 1. The lowest BCUT2D eigenvalue weighted by Gasteiger charge is -2.13. The van der Waals surface area contributed by atoms with E-state index < -0.39 is 5.97 Å². The highest BCUT2D eigenvalue weighted by atomic mass is 16.6. The minimum Gasteiger partial charge on any atom is -0.497 e. The van der Waals surface area contributed by atoms with Crippen molar-refractivity contribution in [1.29, 1.82) is 0 Å². The topological polar surface area (TPSA) is 152 Å². The number of nitrogens with zero attached hydrogens (tertiary/aromatic N) is 5. The molecule has 0 unspecified atom stereocenters. The van der Waals surface area contributed by atoms with Crippen molar-refractivity contribution in [2.24, 2.45) is 0 Å². The van der Waals surface area contributed by atoms with E-state index in [0.717, 1.165) is 0 Å². The highest BCUT2D eigenvalue weighted by Crippen LogP contribution is 2.29. The molecule has 0 spiro atoms. The van der Waals surface area contributed by atoms with Crippen LogP contribution in [0.3, 0.4) is 0 Å². The van der Waals surface area contributed by atoms with Gasteiger partial charge in [-0.2, -0.15) is 4.68 Å². The molecule has 0 radical (unpaired) electrons. The first-order valence-corrected chi connectivity index (χ1v) is 8.25. The number of anilines is 2. The third kappa shape index (κ3) is 3.65. The Morgan fingerprint density at radius 1 is 1.29 bits per heavy atom. The van der Waals surface area contributed by atoms with Gasteiger partial charge in [-0.15, -0.1) is 5.10 Å². The first-order valence-electron chi connectivity index (χ1n) is 8.25. The molecule has 0 amide bonds. The average molecular weight is 389 g/mol. The first-order chi connectivity index (χ1) is 13.6. The van der Waals surface area contributed by atoms with Crippen LogP contribution in [0.1, 0.15) is 23.1 Å². The summed E-state index contributed by atoms with van der Waals surface area (Å²) in [5.41, 5.74) is 6.79. The van der Waals surface area contributed by atoms with Crippen LogP contribution in [0.5, 0.6) is 11.5 Å². The molecule has 0 fully saturated rings. The maximum atomic E-state index is 12.3. The van der Waals surface area contributed by atoms with Gasteiger partial charge >= 0.3 is 5.97 Å². The molecule has 2 aromatic heterocycles. The summed E-state index contributed by atoms with van der Waals surface area (Å²) in [5.74, 6) is 0.689. The molecule has 0 aliphatic carbocycles. The summed E-state index contributed by atoms with van der Waals surface area (Å²) in [4.78, 5) is 12.3. The molecule has 0 atom stereocenters. The van der Waals surface area contributed by atoms with E-state index >= 15 is 0 Å². The Hall–Kier alpha value is -3.83. The van der Waals surface area contributed by atoms with Crippen molar-refractivity contribution in [3.05, 3.63) is 29.6 Å². The highest BCUT2D eigenvalue weighted by Gasteiger charge is 2.25. The monoisotopic (exact) mass is 389 g/mol. The van der Waals surface area contributed by atoms with Crippen molar-refractivity contribution < 1.29 is 23.6 Å². The second-order valence-electron chi connectivity index (χ2n) is 5.41. The van der Waals surface area contributed by atoms with Crippen LogP contribution in [0.4, 0.5) is 11.5 Å². The van der Waals surface area contributed by atoms with Gasteiger partial charge in [0.1, 0.15) is 17.2 Å². The van der Waals surface area contributed by atoms with E-state index in [0.29, 0.717) is 22.9 Å². The van der Waals surface area contributed by atoms with E-state index in [1.807, 2.05) is 0 Å². The molecule has 0 bridgehead atoms. The van der Waals surface area contributed by atoms with Gasteiger partial charge in [0.15, 0.2) is 5.69 Å². The summed E-state index contributed by atoms with van der Waals surface area (Å²) >= 11 is 0. The van der Waals surface area contributed by atoms with Gasteiger partial charge in [-0.3, -0.25) is 0 Å². The minimum absolute atomic E-state index is 0.00332. The van der Waals surface area contributed by atoms with E-state index in [1.54, 1.807) is 32.2 Å². The van der Waals surface area contributed by atoms with Crippen molar-refractivity contribution >= 4 is 17.5 Å². The largest absolute Gasteiger partial charge is 0.497 e. The van der Waals surface area contributed by atoms with Crippen LogP contribution in [0.25, 0.3) is 5.82 Å². The molecule has 12 heteroatoms. The number of carbonyl (C=O) groups excluding carboxylic acids is 1. The molecule has 28 heavy (non-hydrogen) atoms. The van der Waals surface area contributed by atoms with Crippen LogP contribution in [0.2, 0.25) is 0 Å². The third-order valence-corrected chi connectivity index (χ3v) is 3.78. The fourth-order valence-electron chi connectivity index (χ4n) is 2.45. The predicted molar refractivity (Wildman–Crippen MR) is 96.5 cm³/mol. The zero-order valence-electron chi connectivity index (χ0n) is 15.5. The van der Waals surface area contributed by atoms with Gasteiger partial charge in [0.05, 0.1) is 33.1 Å². The molecule has 2 heterocycles. The third-order valence-electron chi connectivity index (χ3n) is 3.78. The summed E-state index contributed by atoms with van der Waals surface area (Å²) < 4.78 is 21.5. The Morgan fingerprint density at radius 3 is 2.75 bits per heavy atom. The van der Waals surface area contributed by atoms with Crippen molar-refractivity contribution in [3.8, 4) is 17.3 Å². The maximum absolute atomic E-state index is 12.3. The Kier molecular flexibility index (Phi) is 5.58. The van der Waals surface area contributed by atoms with Crippen LogP contribution >= 0.6 is 0 Å². The van der Waals surface area contributed by atoms with Gasteiger partial charge in [0, 0.05) is 6.07 Å². The normalized spacial score (nSPS) is 10.5. The van der Waals surface area contributed by atoms with E-state index in [-0.39, 0.29) is 30.5 Å². The van der Waals surface area contributed by atoms with Crippen LogP contribution in [0.15, 0.2) is 22.8 Å². The van der Waals surface area contributed by atoms with Crippen LogP contribution in [0, 0.1) is 0 Å². The van der Waals surface area contributed by atoms with Crippen molar-refractivity contribution in [1.82, 2.24) is 25.3 Å². The summed E-state index contributed by atoms with van der Waals surface area (Å²) in [6.45, 7) is 2.02. The van der Waals surface area contributed by atoms with Crippen molar-refractivity contribution in [3.63, 3.8) is 0 Å². The Labute approximate surface area is 159 Å². The number of esters is 1. The van der Waals surface area contributed by atoms with Crippen LogP contribution in [-0.4, -0.2) is 52.1 Å². The van der Waals surface area contributed by atoms with Gasteiger partial charge in [0.2, 0.25) is 11.6 Å². The number of hydrogen-bond acceptors (Lipinski definition) is 11. The molecule has 12 nitrogen and oxygen atoms in total. The average Bonchev–Trinajstić information content (AvgIpc) is 3.31. The number of methoxy groups -OCH3 is 2. The first kappa shape index (κ1) is 18.9. The molecular weight excluding hydrogens is 370 g/mol. The number of carbonyl (C=O) groups is 1. The molecule has 148 valence electrons. The molecule has 0 saturated heterocycles. The number of aromatic nitrogens is 5. The number of hydrogen-bond donors (Lipinski definition) is 2. The number of ether oxygens (including phenoxy) is 3. The number of benzene rings is 1. The lowest BCUT2D eigenvalue weighted by Crippen LogP contribution is -2.14. The van der Waals surface area contributed by atoms with E-state index in [2.05, 4.69) is 30.6 Å². The quantitative estimate of drug-likeness (QED) is 0.531. The molecule has 0 aliphatic heterocycles. The number of nitrogens with one attached hydrogen (secondary N) is 1. The summed E-state index contributed by atoms with van der Waals surface area (Å²) in [7, 11) is 3.10. The lowest BCUT2D eigenvalue weighted by molar-refractivity contribution is 0.0518. The van der Waals surface area contributed by atoms with Gasteiger partial charge < -0.3 is 25.3 Å². The molecule has 0 saturated carbocycles. The van der Waals surface area contributed by atoms with Crippen LogP contribution < -0.4 is 20.5 Å². The SMILES string of the molecule is CCOC(=O)c1nnn(-c2nonc2N)c1CNc1ccc(OC)cc1OC. The molecule has 3 rings (SSSR count). The number of rotatable bonds is 8. The molecule has 3 N–H and O–H groups in total. The molecular formula is C16H19N7O5. The molecule has 1 aromatic carbocycles. The minimum atomic E-state index is -0.623.